The Labute approximate surface area is 120 Å². The van der Waals surface area contributed by atoms with Crippen LogP contribution in [0.25, 0.3) is 0 Å². The standard InChI is InChI=1S/C15H25N3O2/c1-4-10-7-8-11(15(19)20)12(9-10)18-14(6-3)16-13(5-2)17-18/h10-12H,4-9H2,1-3H3,(H,19,20). The van der Waals surface area contributed by atoms with Gasteiger partial charge in [0.2, 0.25) is 0 Å². The van der Waals surface area contributed by atoms with Crippen molar-refractivity contribution in [1.82, 2.24) is 14.8 Å². The van der Waals surface area contributed by atoms with Crippen molar-refractivity contribution in [3.8, 4) is 0 Å². The van der Waals surface area contributed by atoms with E-state index in [1.54, 1.807) is 0 Å². The molecule has 1 N–H and O–H groups in total. The van der Waals surface area contributed by atoms with E-state index in [4.69, 9.17) is 0 Å². The minimum atomic E-state index is -0.694. The number of hydrogen-bond donors (Lipinski definition) is 1. The Hall–Kier alpha value is -1.39. The molecule has 0 amide bonds. The van der Waals surface area contributed by atoms with Crippen LogP contribution in [0.3, 0.4) is 0 Å². The molecule has 1 heterocycles. The Balaban J connectivity index is 2.34. The molecule has 2 rings (SSSR count). The molecule has 1 saturated carbocycles. The van der Waals surface area contributed by atoms with Gasteiger partial charge in [0, 0.05) is 12.8 Å². The molecule has 5 nitrogen and oxygen atoms in total. The van der Waals surface area contributed by atoms with Crippen LogP contribution in [0.4, 0.5) is 0 Å². The number of carboxylic acids is 1. The molecule has 20 heavy (non-hydrogen) atoms. The quantitative estimate of drug-likeness (QED) is 0.900. The zero-order valence-corrected chi connectivity index (χ0v) is 12.7. The zero-order valence-electron chi connectivity index (χ0n) is 12.7. The normalized spacial score (nSPS) is 26.6. The number of rotatable bonds is 5. The monoisotopic (exact) mass is 279 g/mol. The highest BCUT2D eigenvalue weighted by Gasteiger charge is 2.37. The fraction of sp³-hybridized carbons (Fsp3) is 0.800. The molecule has 1 aromatic heterocycles. The number of hydrogen-bond acceptors (Lipinski definition) is 3. The molecule has 3 atom stereocenters. The van der Waals surface area contributed by atoms with Crippen molar-refractivity contribution in [1.29, 1.82) is 0 Å². The number of carbonyl (C=O) groups is 1. The lowest BCUT2D eigenvalue weighted by Gasteiger charge is -2.34. The molecule has 1 aromatic rings. The molecule has 0 aromatic carbocycles. The number of aliphatic carboxylic acids is 1. The van der Waals surface area contributed by atoms with Crippen LogP contribution < -0.4 is 0 Å². The largest absolute Gasteiger partial charge is 0.481 e. The van der Waals surface area contributed by atoms with E-state index >= 15 is 0 Å². The van der Waals surface area contributed by atoms with E-state index in [0.29, 0.717) is 5.92 Å². The molecule has 1 aliphatic rings. The second kappa shape index (κ2) is 6.37. The Kier molecular flexibility index (Phi) is 4.78. The summed E-state index contributed by atoms with van der Waals surface area (Å²) in [6.07, 6.45) is 5.38. The van der Waals surface area contributed by atoms with Gasteiger partial charge < -0.3 is 5.11 Å². The first kappa shape index (κ1) is 15.0. The molecule has 0 aliphatic heterocycles. The van der Waals surface area contributed by atoms with Gasteiger partial charge in [0.1, 0.15) is 5.82 Å². The van der Waals surface area contributed by atoms with E-state index in [1.165, 1.54) is 0 Å². The van der Waals surface area contributed by atoms with Crippen molar-refractivity contribution in [2.24, 2.45) is 11.8 Å². The van der Waals surface area contributed by atoms with Crippen molar-refractivity contribution in [2.45, 2.75) is 65.3 Å². The number of aromatic nitrogens is 3. The van der Waals surface area contributed by atoms with Gasteiger partial charge in [-0.25, -0.2) is 9.67 Å². The van der Waals surface area contributed by atoms with E-state index < -0.39 is 5.97 Å². The average molecular weight is 279 g/mol. The molecule has 0 bridgehead atoms. The Morgan fingerprint density at radius 1 is 1.30 bits per heavy atom. The first-order valence-corrected chi connectivity index (χ1v) is 7.77. The summed E-state index contributed by atoms with van der Waals surface area (Å²) in [6, 6.07) is -0.0334. The molecule has 112 valence electrons. The zero-order chi connectivity index (χ0) is 14.7. The predicted molar refractivity (Wildman–Crippen MR) is 76.6 cm³/mol. The van der Waals surface area contributed by atoms with Crippen LogP contribution in [-0.4, -0.2) is 25.8 Å². The molecule has 0 radical (unpaired) electrons. The summed E-state index contributed by atoms with van der Waals surface area (Å²) in [5.74, 6) is 1.34. The molecule has 5 heteroatoms. The van der Waals surface area contributed by atoms with Crippen LogP contribution in [0.2, 0.25) is 0 Å². The molecule has 0 saturated heterocycles. The topological polar surface area (TPSA) is 68.0 Å². The van der Waals surface area contributed by atoms with E-state index in [1.807, 2.05) is 11.6 Å². The first-order valence-electron chi connectivity index (χ1n) is 7.77. The van der Waals surface area contributed by atoms with Crippen LogP contribution in [0.15, 0.2) is 0 Å². The maximum Gasteiger partial charge on any atom is 0.308 e. The smallest absolute Gasteiger partial charge is 0.308 e. The predicted octanol–water partition coefficient (Wildman–Crippen LogP) is 2.85. The van der Waals surface area contributed by atoms with Gasteiger partial charge in [-0.2, -0.15) is 5.10 Å². The van der Waals surface area contributed by atoms with Crippen LogP contribution in [0.5, 0.6) is 0 Å². The maximum atomic E-state index is 11.5. The highest BCUT2D eigenvalue weighted by Crippen LogP contribution is 2.39. The number of nitrogens with zero attached hydrogens (tertiary/aromatic N) is 3. The third-order valence-corrected chi connectivity index (χ3v) is 4.51. The second-order valence-corrected chi connectivity index (χ2v) is 5.70. The molecule has 1 fully saturated rings. The van der Waals surface area contributed by atoms with Crippen LogP contribution in [0.1, 0.15) is 64.1 Å². The third-order valence-electron chi connectivity index (χ3n) is 4.51. The van der Waals surface area contributed by atoms with Crippen molar-refractivity contribution >= 4 is 5.97 Å². The van der Waals surface area contributed by atoms with Gasteiger partial charge in [-0.15, -0.1) is 0 Å². The molecule has 3 unspecified atom stereocenters. The van der Waals surface area contributed by atoms with Gasteiger partial charge in [-0.1, -0.05) is 27.2 Å². The van der Waals surface area contributed by atoms with Crippen molar-refractivity contribution in [3.05, 3.63) is 11.6 Å². The fourth-order valence-electron chi connectivity index (χ4n) is 3.22. The van der Waals surface area contributed by atoms with E-state index in [-0.39, 0.29) is 12.0 Å². The van der Waals surface area contributed by atoms with E-state index in [9.17, 15) is 9.90 Å². The summed E-state index contributed by atoms with van der Waals surface area (Å²) >= 11 is 0. The van der Waals surface area contributed by atoms with Crippen molar-refractivity contribution in [2.75, 3.05) is 0 Å². The SMILES string of the molecule is CCc1nc(CC)n(C2CC(CC)CCC2C(=O)O)n1. The summed E-state index contributed by atoms with van der Waals surface area (Å²) < 4.78 is 1.92. The fourth-order valence-corrected chi connectivity index (χ4v) is 3.22. The highest BCUT2D eigenvalue weighted by molar-refractivity contribution is 5.70. The van der Waals surface area contributed by atoms with Gasteiger partial charge in [0.25, 0.3) is 0 Å². The summed E-state index contributed by atoms with van der Waals surface area (Å²) in [5, 5.41) is 14.1. The minimum absolute atomic E-state index is 0.0334. The number of aryl methyl sites for hydroxylation is 2. The Morgan fingerprint density at radius 3 is 2.60 bits per heavy atom. The van der Waals surface area contributed by atoms with Gasteiger partial charge >= 0.3 is 5.97 Å². The summed E-state index contributed by atoms with van der Waals surface area (Å²) in [6.45, 7) is 6.27. The average Bonchev–Trinajstić information content (AvgIpc) is 2.89. The minimum Gasteiger partial charge on any atom is -0.481 e. The van der Waals surface area contributed by atoms with Crippen molar-refractivity contribution < 1.29 is 9.90 Å². The van der Waals surface area contributed by atoms with Crippen LogP contribution >= 0.6 is 0 Å². The van der Waals surface area contributed by atoms with Gasteiger partial charge in [0.15, 0.2) is 5.82 Å². The van der Waals surface area contributed by atoms with Crippen LogP contribution in [0, 0.1) is 11.8 Å². The van der Waals surface area contributed by atoms with Crippen molar-refractivity contribution in [3.63, 3.8) is 0 Å². The Morgan fingerprint density at radius 2 is 2.05 bits per heavy atom. The van der Waals surface area contributed by atoms with Gasteiger partial charge in [0.05, 0.1) is 12.0 Å². The van der Waals surface area contributed by atoms with E-state index in [2.05, 4.69) is 23.9 Å². The van der Waals surface area contributed by atoms with Gasteiger partial charge in [-0.05, 0) is 25.2 Å². The lowest BCUT2D eigenvalue weighted by Crippen LogP contribution is -2.34. The Bertz CT molecular complexity index is 470. The third kappa shape index (κ3) is 2.86. The highest BCUT2D eigenvalue weighted by atomic mass is 16.4. The summed E-state index contributed by atoms with van der Waals surface area (Å²) in [7, 11) is 0. The number of carboxylic acid groups (broad SMARTS) is 1. The lowest BCUT2D eigenvalue weighted by molar-refractivity contribution is -0.145. The second-order valence-electron chi connectivity index (χ2n) is 5.70. The molecule has 0 spiro atoms. The first-order chi connectivity index (χ1) is 9.60. The summed E-state index contributed by atoms with van der Waals surface area (Å²) in [4.78, 5) is 16.1. The summed E-state index contributed by atoms with van der Waals surface area (Å²) in [5.41, 5.74) is 0. The molecular formula is C15H25N3O2. The van der Waals surface area contributed by atoms with E-state index in [0.717, 1.165) is 50.2 Å². The van der Waals surface area contributed by atoms with Gasteiger partial charge in [-0.3, -0.25) is 4.79 Å². The molecule has 1 aliphatic carbocycles. The maximum absolute atomic E-state index is 11.5. The lowest BCUT2D eigenvalue weighted by atomic mass is 9.77. The molecular weight excluding hydrogens is 254 g/mol. The van der Waals surface area contributed by atoms with Crippen LogP contribution in [-0.2, 0) is 17.6 Å².